The Morgan fingerprint density at radius 3 is 2.32 bits per heavy atom. The zero-order valence-electron chi connectivity index (χ0n) is 9.69. The molecule has 0 heterocycles. The second kappa shape index (κ2) is 5.45. The molecule has 0 aromatic heterocycles. The van der Waals surface area contributed by atoms with Crippen LogP contribution in [-0.4, -0.2) is 22.2 Å². The summed E-state index contributed by atoms with van der Waals surface area (Å²) in [4.78, 5) is 10.6. The average molecular weight is 278 g/mol. The largest absolute Gasteiger partial charge is 0.416 e. The zero-order valence-corrected chi connectivity index (χ0v) is 9.69. The summed E-state index contributed by atoms with van der Waals surface area (Å²) < 4.78 is 37.6. The van der Waals surface area contributed by atoms with Gasteiger partial charge in [-0.15, -0.1) is 0 Å². The summed E-state index contributed by atoms with van der Waals surface area (Å²) in [5, 5.41) is 19.1. The topological polar surface area (TPSA) is 110 Å². The van der Waals surface area contributed by atoms with Crippen LogP contribution < -0.4 is 11.5 Å². The number of nitrogen functional groups attached to an aromatic ring is 1. The number of halogens is 3. The number of carbonyl (C=O) groups is 1. The van der Waals surface area contributed by atoms with E-state index in [-0.39, 0.29) is 11.3 Å². The van der Waals surface area contributed by atoms with Gasteiger partial charge in [0.05, 0.1) is 18.1 Å². The smallest absolute Gasteiger partial charge is 0.399 e. The van der Waals surface area contributed by atoms with E-state index < -0.39 is 36.3 Å². The molecule has 0 aliphatic rings. The number of hydrogen-bond donors (Lipinski definition) is 4. The predicted molar refractivity (Wildman–Crippen MR) is 60.6 cm³/mol. The van der Waals surface area contributed by atoms with E-state index in [1.54, 1.807) is 0 Å². The molecule has 2 unspecified atom stereocenters. The second-order valence-electron chi connectivity index (χ2n) is 4.07. The molecule has 1 rings (SSSR count). The van der Waals surface area contributed by atoms with Crippen molar-refractivity contribution in [1.82, 2.24) is 0 Å². The summed E-state index contributed by atoms with van der Waals surface area (Å²) in [5.74, 6) is -0.883. The van der Waals surface area contributed by atoms with Gasteiger partial charge in [0.1, 0.15) is 6.10 Å². The molecule has 0 saturated heterocycles. The van der Waals surface area contributed by atoms with Gasteiger partial charge in [-0.1, -0.05) is 0 Å². The normalized spacial score (nSPS) is 15.0. The zero-order chi connectivity index (χ0) is 14.8. The number of benzene rings is 1. The third-order valence-corrected chi connectivity index (χ3v) is 2.42. The molecule has 8 heteroatoms. The van der Waals surface area contributed by atoms with E-state index in [0.29, 0.717) is 12.1 Å². The lowest BCUT2D eigenvalue weighted by Gasteiger charge is -2.19. The van der Waals surface area contributed by atoms with Gasteiger partial charge in [-0.3, -0.25) is 4.79 Å². The maximum atomic E-state index is 12.5. The third kappa shape index (κ3) is 4.11. The highest BCUT2D eigenvalue weighted by Crippen LogP contribution is 2.33. The van der Waals surface area contributed by atoms with Crippen LogP contribution in [0.15, 0.2) is 18.2 Å². The SMILES string of the molecule is NC(=O)CC(O)C(O)c1cc(N)cc(C(F)(F)F)c1. The minimum absolute atomic E-state index is 0.213. The van der Waals surface area contributed by atoms with Crippen LogP contribution >= 0.6 is 0 Å². The molecular weight excluding hydrogens is 265 g/mol. The predicted octanol–water partition coefficient (Wildman–Crippen LogP) is 0.557. The summed E-state index contributed by atoms with van der Waals surface area (Å²) in [6.45, 7) is 0. The first-order valence-corrected chi connectivity index (χ1v) is 5.23. The van der Waals surface area contributed by atoms with Crippen molar-refractivity contribution in [2.45, 2.75) is 24.8 Å². The van der Waals surface area contributed by atoms with Crippen molar-refractivity contribution < 1.29 is 28.2 Å². The fourth-order valence-electron chi connectivity index (χ4n) is 1.55. The Balaban J connectivity index is 3.06. The van der Waals surface area contributed by atoms with Crippen LogP contribution in [0.2, 0.25) is 0 Å². The van der Waals surface area contributed by atoms with Gasteiger partial charge < -0.3 is 21.7 Å². The summed E-state index contributed by atoms with van der Waals surface area (Å²) in [7, 11) is 0. The van der Waals surface area contributed by atoms with Crippen LogP contribution in [0.5, 0.6) is 0 Å². The van der Waals surface area contributed by atoms with E-state index in [9.17, 15) is 28.2 Å². The lowest BCUT2D eigenvalue weighted by molar-refractivity contribution is -0.137. The van der Waals surface area contributed by atoms with E-state index in [2.05, 4.69) is 0 Å². The maximum Gasteiger partial charge on any atom is 0.416 e. The van der Waals surface area contributed by atoms with Crippen molar-refractivity contribution in [2.24, 2.45) is 5.73 Å². The number of rotatable bonds is 4. The van der Waals surface area contributed by atoms with Gasteiger partial charge in [0.2, 0.25) is 5.91 Å². The Morgan fingerprint density at radius 1 is 1.26 bits per heavy atom. The minimum atomic E-state index is -4.63. The molecular formula is C11H13F3N2O3. The van der Waals surface area contributed by atoms with Gasteiger partial charge in [0, 0.05) is 5.69 Å². The van der Waals surface area contributed by atoms with E-state index in [0.717, 1.165) is 6.07 Å². The number of hydrogen-bond acceptors (Lipinski definition) is 4. The Bertz CT molecular complexity index is 477. The molecule has 0 saturated carbocycles. The van der Waals surface area contributed by atoms with Gasteiger partial charge >= 0.3 is 6.18 Å². The van der Waals surface area contributed by atoms with Crippen LogP contribution in [0.25, 0.3) is 0 Å². The van der Waals surface area contributed by atoms with Crippen molar-refractivity contribution in [3.8, 4) is 0 Å². The highest BCUT2D eigenvalue weighted by Gasteiger charge is 2.32. The first-order chi connectivity index (χ1) is 8.61. The Hall–Kier alpha value is -1.80. The van der Waals surface area contributed by atoms with Gasteiger partial charge in [0.25, 0.3) is 0 Å². The second-order valence-corrected chi connectivity index (χ2v) is 4.07. The Labute approximate surface area is 106 Å². The highest BCUT2D eigenvalue weighted by atomic mass is 19.4. The number of anilines is 1. The molecule has 1 amide bonds. The molecule has 0 bridgehead atoms. The van der Waals surface area contributed by atoms with Crippen LogP contribution in [-0.2, 0) is 11.0 Å². The molecule has 0 aliphatic carbocycles. The average Bonchev–Trinajstić information content (AvgIpc) is 2.25. The number of carbonyl (C=O) groups excluding carboxylic acids is 1. The Kier molecular flexibility index (Phi) is 4.38. The molecule has 0 fully saturated rings. The maximum absolute atomic E-state index is 12.5. The molecule has 19 heavy (non-hydrogen) atoms. The van der Waals surface area contributed by atoms with Gasteiger partial charge in [0.15, 0.2) is 0 Å². The van der Waals surface area contributed by atoms with Crippen LogP contribution in [0.1, 0.15) is 23.7 Å². The van der Waals surface area contributed by atoms with Gasteiger partial charge in [-0.2, -0.15) is 13.2 Å². The lowest BCUT2D eigenvalue weighted by Crippen LogP contribution is -2.26. The molecule has 6 N–H and O–H groups in total. The van der Waals surface area contributed by atoms with Gasteiger partial charge in [-0.25, -0.2) is 0 Å². The summed E-state index contributed by atoms with van der Waals surface area (Å²) in [6, 6.07) is 2.45. The van der Waals surface area contributed by atoms with E-state index in [1.165, 1.54) is 0 Å². The molecule has 0 aliphatic heterocycles. The number of alkyl halides is 3. The molecule has 1 aromatic carbocycles. The van der Waals surface area contributed by atoms with Gasteiger partial charge in [-0.05, 0) is 23.8 Å². The van der Waals surface area contributed by atoms with Crippen LogP contribution in [0, 0.1) is 0 Å². The Morgan fingerprint density at radius 2 is 1.84 bits per heavy atom. The third-order valence-electron chi connectivity index (χ3n) is 2.42. The summed E-state index contributed by atoms with van der Waals surface area (Å²) >= 11 is 0. The number of nitrogens with two attached hydrogens (primary N) is 2. The quantitative estimate of drug-likeness (QED) is 0.603. The summed E-state index contributed by atoms with van der Waals surface area (Å²) in [5.41, 5.74) is 8.64. The van der Waals surface area contributed by atoms with E-state index >= 15 is 0 Å². The molecule has 2 atom stereocenters. The van der Waals surface area contributed by atoms with Crippen molar-refractivity contribution in [1.29, 1.82) is 0 Å². The molecule has 1 aromatic rings. The number of aliphatic hydroxyl groups excluding tert-OH is 2. The molecule has 5 nitrogen and oxygen atoms in total. The number of amides is 1. The monoisotopic (exact) mass is 278 g/mol. The standard InChI is InChI=1S/C11H13F3N2O3/c12-11(13,14)6-1-5(2-7(15)3-6)10(19)8(17)4-9(16)18/h1-3,8,10,17,19H,4,15H2,(H2,16,18). The van der Waals surface area contributed by atoms with Crippen molar-refractivity contribution in [3.05, 3.63) is 29.3 Å². The first kappa shape index (κ1) is 15.3. The van der Waals surface area contributed by atoms with Crippen LogP contribution in [0.4, 0.5) is 18.9 Å². The van der Waals surface area contributed by atoms with Crippen molar-refractivity contribution in [2.75, 3.05) is 5.73 Å². The van der Waals surface area contributed by atoms with Crippen molar-refractivity contribution in [3.63, 3.8) is 0 Å². The lowest BCUT2D eigenvalue weighted by atomic mass is 9.99. The number of primary amides is 1. The number of aliphatic hydroxyl groups is 2. The molecule has 0 spiro atoms. The fourth-order valence-corrected chi connectivity index (χ4v) is 1.55. The molecule has 0 radical (unpaired) electrons. The highest BCUT2D eigenvalue weighted by molar-refractivity contribution is 5.74. The van der Waals surface area contributed by atoms with Crippen LogP contribution in [0.3, 0.4) is 0 Å². The first-order valence-electron chi connectivity index (χ1n) is 5.23. The minimum Gasteiger partial charge on any atom is -0.399 e. The van der Waals surface area contributed by atoms with E-state index in [1.807, 2.05) is 0 Å². The van der Waals surface area contributed by atoms with Crippen molar-refractivity contribution >= 4 is 11.6 Å². The summed E-state index contributed by atoms with van der Waals surface area (Å²) in [6.07, 6.45) is -8.48. The molecule has 106 valence electrons. The fraction of sp³-hybridized carbons (Fsp3) is 0.364. The van der Waals surface area contributed by atoms with E-state index in [4.69, 9.17) is 11.5 Å².